The zero-order valence-electron chi connectivity index (χ0n) is 23.9. The Kier molecular flexibility index (Phi) is 11.2. The number of nitrogen functional groups attached to an aromatic ring is 2. The van der Waals surface area contributed by atoms with Crippen molar-refractivity contribution in [3.8, 4) is 0 Å². The monoisotopic (exact) mass is 671 g/mol. The number of imidazole rings is 1. The number of nitrogens with one attached hydrogen (secondary N) is 1. The number of ether oxygens (including phenoxy) is 2. The van der Waals surface area contributed by atoms with E-state index in [0.29, 0.717) is 0 Å². The predicted molar refractivity (Wildman–Crippen MR) is 161 cm³/mol. The average Bonchev–Trinajstić information content (AvgIpc) is 3.37. The Morgan fingerprint density at radius 1 is 1.33 bits per heavy atom. The minimum atomic E-state index is -3.50. The molecule has 0 aromatic carbocycles. The molecule has 236 valence electrons. The van der Waals surface area contributed by atoms with Gasteiger partial charge in [-0.3, -0.25) is 14.2 Å². The molecule has 0 aliphatic carbocycles. The van der Waals surface area contributed by atoms with Crippen molar-refractivity contribution in [2.24, 2.45) is 5.41 Å². The Morgan fingerprint density at radius 2 is 2.00 bits per heavy atom. The third-order valence-electron chi connectivity index (χ3n) is 5.75. The van der Waals surface area contributed by atoms with Crippen LogP contribution in [-0.4, -0.2) is 84.2 Å². The number of halogens is 2. The van der Waals surface area contributed by atoms with E-state index in [1.807, 2.05) is 0 Å². The molecule has 14 nitrogen and oxygen atoms in total. The van der Waals surface area contributed by atoms with Crippen LogP contribution in [-0.2, 0) is 39.9 Å². The molecule has 0 spiro atoms. The number of aromatic nitrogens is 4. The van der Waals surface area contributed by atoms with Crippen molar-refractivity contribution in [2.75, 3.05) is 30.4 Å². The van der Waals surface area contributed by atoms with E-state index in [9.17, 15) is 14.7 Å². The van der Waals surface area contributed by atoms with Gasteiger partial charge in [0.1, 0.15) is 23.8 Å². The molecule has 1 aliphatic rings. The maximum Gasteiger partial charge on any atom is 0.323 e. The highest BCUT2D eigenvalue weighted by molar-refractivity contribution is 8.13. The molecule has 0 radical (unpaired) electrons. The number of carbonyl (C=O) groups excluding carboxylic acids is 2. The second-order valence-corrected chi connectivity index (χ2v) is 15.6. The largest absolute Gasteiger partial charge is 0.462 e. The molecule has 2 aromatic rings. The fourth-order valence-corrected chi connectivity index (χ4v) is 7.21. The van der Waals surface area contributed by atoms with Crippen molar-refractivity contribution in [1.82, 2.24) is 24.6 Å². The smallest absolute Gasteiger partial charge is 0.323 e. The summed E-state index contributed by atoms with van der Waals surface area (Å²) in [6.07, 6.45) is -4.05. The van der Waals surface area contributed by atoms with E-state index in [1.165, 1.54) is 13.3 Å². The lowest BCUT2D eigenvalue weighted by Crippen LogP contribution is -2.39. The zero-order valence-corrected chi connectivity index (χ0v) is 27.2. The number of aliphatic hydroxyl groups is 1. The topological polar surface area (TPSA) is 199 Å². The Labute approximate surface area is 256 Å². The lowest BCUT2D eigenvalue weighted by Gasteiger charge is -2.28. The number of hydrogen-bond acceptors (Lipinski definition) is 14. The summed E-state index contributed by atoms with van der Waals surface area (Å²) in [5, 5.41) is 10.7. The molecule has 2 aromatic heterocycles. The van der Waals surface area contributed by atoms with E-state index >= 15 is 4.39 Å². The van der Waals surface area contributed by atoms with Gasteiger partial charge in [0.25, 0.3) is 11.8 Å². The standard InChI is InChI=1S/C23H36ClFN7O7PS2/c1-11(2)38-18(34)12(3)31-40(41,36-7-8-42-20(35)22(4,5)6)37-9-13-15(33)23(24,25)19(39-13)32-10-28-14-16(26)29-21(27)30-17(14)32/h10-13,15,19,33H,7-9H2,1-6H3,(H,31,41)(H4,26,27,29,30)/t12-,13+,15+,19+,23+,40?/m0/s1. The number of rotatable bonds is 12. The highest BCUT2D eigenvalue weighted by Gasteiger charge is 2.58. The van der Waals surface area contributed by atoms with E-state index < -0.39 is 54.2 Å². The van der Waals surface area contributed by atoms with Crippen LogP contribution in [0.1, 0.15) is 47.8 Å². The summed E-state index contributed by atoms with van der Waals surface area (Å²) in [6, 6.07) is -0.939. The first-order chi connectivity index (χ1) is 19.4. The van der Waals surface area contributed by atoms with Crippen LogP contribution in [0.2, 0.25) is 0 Å². The van der Waals surface area contributed by atoms with Gasteiger partial charge in [0.2, 0.25) is 5.95 Å². The second kappa shape index (κ2) is 13.5. The number of nitrogens with zero attached hydrogens (tertiary/aromatic N) is 4. The van der Waals surface area contributed by atoms with Crippen molar-refractivity contribution in [3.63, 3.8) is 0 Å². The van der Waals surface area contributed by atoms with Crippen LogP contribution in [0, 0.1) is 5.41 Å². The van der Waals surface area contributed by atoms with Crippen molar-refractivity contribution in [3.05, 3.63) is 6.33 Å². The van der Waals surface area contributed by atoms with Gasteiger partial charge in [-0.1, -0.05) is 44.1 Å². The van der Waals surface area contributed by atoms with Crippen LogP contribution < -0.4 is 16.6 Å². The fourth-order valence-electron chi connectivity index (χ4n) is 3.65. The molecular formula is C23H36ClFN7O7PS2. The molecule has 3 heterocycles. The molecular weight excluding hydrogens is 636 g/mol. The molecule has 1 saturated heterocycles. The number of aliphatic hydroxyl groups excluding tert-OH is 1. The van der Waals surface area contributed by atoms with Crippen molar-refractivity contribution in [2.45, 2.75) is 77.3 Å². The number of thioether (sulfide) groups is 1. The van der Waals surface area contributed by atoms with Gasteiger partial charge in [-0.25, -0.2) is 14.5 Å². The fraction of sp³-hybridized carbons (Fsp3) is 0.696. The summed E-state index contributed by atoms with van der Waals surface area (Å²) in [4.78, 5) is 36.6. The summed E-state index contributed by atoms with van der Waals surface area (Å²) in [7, 11) is 0. The Morgan fingerprint density at radius 3 is 2.62 bits per heavy atom. The number of alkyl halides is 2. The van der Waals surface area contributed by atoms with Gasteiger partial charge in [0, 0.05) is 11.2 Å². The Bertz CT molecular complexity index is 1350. The molecule has 3 rings (SSSR count). The van der Waals surface area contributed by atoms with Gasteiger partial charge in [0.05, 0.1) is 25.6 Å². The maximum absolute atomic E-state index is 15.7. The van der Waals surface area contributed by atoms with Crippen molar-refractivity contribution < 1.29 is 37.6 Å². The summed E-state index contributed by atoms with van der Waals surface area (Å²) in [5.74, 6) is -0.566. The van der Waals surface area contributed by atoms with E-state index in [0.717, 1.165) is 16.3 Å². The molecule has 0 bridgehead atoms. The molecule has 0 saturated carbocycles. The van der Waals surface area contributed by atoms with Gasteiger partial charge in [0.15, 0.2) is 22.8 Å². The average molecular weight is 672 g/mol. The number of nitrogens with two attached hydrogens (primary N) is 2. The summed E-state index contributed by atoms with van der Waals surface area (Å²) in [6.45, 7) is 6.31. The quantitative estimate of drug-likeness (QED) is 0.111. The van der Waals surface area contributed by atoms with Crippen LogP contribution in [0.4, 0.5) is 16.2 Å². The summed E-state index contributed by atoms with van der Waals surface area (Å²) < 4.78 is 39.5. The number of hydrogen-bond donors (Lipinski definition) is 4. The molecule has 1 unspecified atom stereocenters. The van der Waals surface area contributed by atoms with Crippen LogP contribution >= 0.6 is 30.0 Å². The highest BCUT2D eigenvalue weighted by Crippen LogP contribution is 2.49. The zero-order chi connectivity index (χ0) is 31.6. The van der Waals surface area contributed by atoms with Crippen molar-refractivity contribution in [1.29, 1.82) is 0 Å². The molecule has 1 aliphatic heterocycles. The van der Waals surface area contributed by atoms with Gasteiger partial charge < -0.3 is 35.1 Å². The molecule has 6 N–H and O–H groups in total. The van der Waals surface area contributed by atoms with Gasteiger partial charge >= 0.3 is 5.97 Å². The highest BCUT2D eigenvalue weighted by atomic mass is 35.5. The van der Waals surface area contributed by atoms with Gasteiger partial charge in [-0.05, 0) is 32.6 Å². The lowest BCUT2D eigenvalue weighted by atomic mass is 10.00. The van der Waals surface area contributed by atoms with Gasteiger partial charge in [-0.2, -0.15) is 9.97 Å². The number of fused-ring (bicyclic) bond motifs is 1. The minimum Gasteiger partial charge on any atom is -0.462 e. The van der Waals surface area contributed by atoms with Gasteiger partial charge in [-0.15, -0.1) is 0 Å². The third-order valence-corrected chi connectivity index (χ3v) is 10.1. The van der Waals surface area contributed by atoms with E-state index in [4.69, 9.17) is 53.4 Å². The summed E-state index contributed by atoms with van der Waals surface area (Å²) in [5.41, 5.74) is 11.1. The van der Waals surface area contributed by atoms with Crippen LogP contribution in [0.5, 0.6) is 0 Å². The second-order valence-electron chi connectivity index (χ2n) is 10.8. The predicted octanol–water partition coefficient (Wildman–Crippen LogP) is 2.65. The first kappa shape index (κ1) is 34.8. The molecule has 1 fully saturated rings. The van der Waals surface area contributed by atoms with E-state index in [-0.39, 0.29) is 46.5 Å². The first-order valence-electron chi connectivity index (χ1n) is 12.9. The summed E-state index contributed by atoms with van der Waals surface area (Å²) >= 11 is 12.8. The maximum atomic E-state index is 15.7. The Hall–Kier alpha value is -1.69. The molecule has 6 atom stereocenters. The SMILES string of the molecule is CC(C)OC(=O)[C@H](C)NP(=S)(OCCSC(=O)C(C)(C)C)OC[C@H]1O[C@@H](n2cnc3c(N)nc(N)nc32)[C@@](F)(Cl)[C@@H]1O. The van der Waals surface area contributed by atoms with E-state index in [1.54, 1.807) is 34.6 Å². The Balaban J connectivity index is 1.76. The molecule has 19 heteroatoms. The van der Waals surface area contributed by atoms with E-state index in [2.05, 4.69) is 20.0 Å². The van der Waals surface area contributed by atoms with Crippen LogP contribution in [0.25, 0.3) is 11.2 Å². The third kappa shape index (κ3) is 8.27. The minimum absolute atomic E-state index is 0.00839. The van der Waals surface area contributed by atoms with Crippen LogP contribution in [0.15, 0.2) is 6.33 Å². The van der Waals surface area contributed by atoms with Crippen LogP contribution in [0.3, 0.4) is 0 Å². The first-order valence-corrected chi connectivity index (χ1v) is 16.9. The normalized spacial score (nSPS) is 25.0. The number of esters is 1. The number of anilines is 2. The lowest BCUT2D eigenvalue weighted by molar-refractivity contribution is -0.149. The number of carbonyl (C=O) groups is 2. The van der Waals surface area contributed by atoms with Crippen molar-refractivity contribution >= 4 is 75.8 Å². The molecule has 42 heavy (non-hydrogen) atoms. The molecule has 0 amide bonds.